The second-order valence-electron chi connectivity index (χ2n) is 5.77. The van der Waals surface area contributed by atoms with Gasteiger partial charge in [-0.15, -0.1) is 0 Å². The monoisotopic (exact) mass is 349 g/mol. The van der Waals surface area contributed by atoms with Crippen molar-refractivity contribution >= 4 is 23.6 Å². The lowest BCUT2D eigenvalue weighted by molar-refractivity contribution is -0.120. The number of carbonyl (C=O) groups is 2. The van der Waals surface area contributed by atoms with Crippen molar-refractivity contribution in [1.82, 2.24) is 0 Å². The van der Waals surface area contributed by atoms with Gasteiger partial charge in [-0.25, -0.2) is 0 Å². The third kappa shape index (κ3) is 5.21. The van der Waals surface area contributed by atoms with Crippen molar-refractivity contribution in [3.63, 3.8) is 0 Å². The number of hydrogen-bond acceptors (Lipinski definition) is 4. The van der Waals surface area contributed by atoms with Crippen molar-refractivity contribution in [2.45, 2.75) is 13.8 Å². The molecule has 0 spiro atoms. The van der Waals surface area contributed by atoms with Crippen LogP contribution in [0, 0.1) is 25.2 Å². The van der Waals surface area contributed by atoms with Crippen LogP contribution in [0.2, 0.25) is 0 Å². The third-order valence-electron chi connectivity index (χ3n) is 3.58. The molecule has 0 unspecified atom stereocenters. The number of amides is 2. The van der Waals surface area contributed by atoms with E-state index in [4.69, 9.17) is 10.5 Å². The molecule has 0 aliphatic heterocycles. The van der Waals surface area contributed by atoms with Gasteiger partial charge in [-0.1, -0.05) is 24.3 Å². The highest BCUT2D eigenvalue weighted by Crippen LogP contribution is 2.18. The Morgan fingerprint density at radius 3 is 2.50 bits per heavy atom. The molecule has 0 atom stereocenters. The van der Waals surface area contributed by atoms with E-state index >= 15 is 0 Å². The topological polar surface area (TPSA) is 105 Å². The van der Waals surface area contributed by atoms with E-state index in [0.29, 0.717) is 17.0 Å². The van der Waals surface area contributed by atoms with Crippen LogP contribution in [-0.4, -0.2) is 18.4 Å². The van der Waals surface area contributed by atoms with Crippen molar-refractivity contribution < 1.29 is 14.3 Å². The summed E-state index contributed by atoms with van der Waals surface area (Å²) in [5.74, 6) is -0.571. The molecule has 6 nitrogen and oxygen atoms in total. The van der Waals surface area contributed by atoms with E-state index in [1.165, 1.54) is 6.08 Å². The number of nitriles is 1. The first kappa shape index (κ1) is 18.7. The van der Waals surface area contributed by atoms with Crippen LogP contribution in [0.3, 0.4) is 0 Å². The molecule has 6 heteroatoms. The highest BCUT2D eigenvalue weighted by Gasteiger charge is 2.11. The van der Waals surface area contributed by atoms with Crippen LogP contribution in [0.15, 0.2) is 48.0 Å². The standard InChI is InChI=1S/C20H19N3O3/c1-13-3-4-14(2)18(9-13)23-20(25)16(11-21)10-15-5-7-17(8-6-15)26-12-19(22)24/h3-10H,12H2,1-2H3,(H2,22,24)(H,23,25)/b16-10-. The van der Waals surface area contributed by atoms with Gasteiger partial charge in [0.05, 0.1) is 0 Å². The smallest absolute Gasteiger partial charge is 0.266 e. The molecule has 0 fully saturated rings. The number of nitrogens with two attached hydrogens (primary N) is 1. The molecule has 132 valence electrons. The van der Waals surface area contributed by atoms with Gasteiger partial charge in [-0.2, -0.15) is 5.26 Å². The van der Waals surface area contributed by atoms with Crippen molar-refractivity contribution in [3.8, 4) is 11.8 Å². The normalized spacial score (nSPS) is 10.7. The van der Waals surface area contributed by atoms with Crippen molar-refractivity contribution in [1.29, 1.82) is 5.26 Å². The van der Waals surface area contributed by atoms with E-state index in [1.54, 1.807) is 24.3 Å². The highest BCUT2D eigenvalue weighted by atomic mass is 16.5. The van der Waals surface area contributed by atoms with Crippen LogP contribution in [0.5, 0.6) is 5.75 Å². The minimum atomic E-state index is -0.566. The Morgan fingerprint density at radius 1 is 1.19 bits per heavy atom. The van der Waals surface area contributed by atoms with Gasteiger partial charge < -0.3 is 15.8 Å². The number of hydrogen-bond donors (Lipinski definition) is 2. The van der Waals surface area contributed by atoms with Crippen LogP contribution in [-0.2, 0) is 9.59 Å². The maximum absolute atomic E-state index is 12.4. The zero-order valence-corrected chi connectivity index (χ0v) is 14.6. The first-order valence-corrected chi connectivity index (χ1v) is 7.90. The molecule has 0 saturated heterocycles. The van der Waals surface area contributed by atoms with E-state index < -0.39 is 11.8 Å². The number of aryl methyl sites for hydroxylation is 2. The molecule has 2 amide bonds. The summed E-state index contributed by atoms with van der Waals surface area (Å²) in [6.45, 7) is 3.60. The van der Waals surface area contributed by atoms with Gasteiger partial charge in [-0.3, -0.25) is 9.59 Å². The number of benzene rings is 2. The fraction of sp³-hybridized carbons (Fsp3) is 0.150. The number of nitrogens with zero attached hydrogens (tertiary/aromatic N) is 1. The van der Waals surface area contributed by atoms with Gasteiger partial charge in [0.2, 0.25) is 0 Å². The van der Waals surface area contributed by atoms with E-state index in [-0.39, 0.29) is 12.2 Å². The molecule has 2 rings (SSSR count). The Bertz CT molecular complexity index is 894. The first-order valence-electron chi connectivity index (χ1n) is 7.90. The van der Waals surface area contributed by atoms with Gasteiger partial charge >= 0.3 is 0 Å². The molecular formula is C20H19N3O3. The van der Waals surface area contributed by atoms with Gasteiger partial charge in [0, 0.05) is 5.69 Å². The molecule has 0 radical (unpaired) electrons. The van der Waals surface area contributed by atoms with Crippen LogP contribution in [0.1, 0.15) is 16.7 Å². The van der Waals surface area contributed by atoms with Crippen LogP contribution in [0.25, 0.3) is 6.08 Å². The maximum Gasteiger partial charge on any atom is 0.266 e. The second-order valence-corrected chi connectivity index (χ2v) is 5.77. The van der Waals surface area contributed by atoms with E-state index in [0.717, 1.165) is 11.1 Å². The SMILES string of the molecule is Cc1ccc(C)c(NC(=O)/C(C#N)=C\c2ccc(OCC(N)=O)cc2)c1. The van der Waals surface area contributed by atoms with Gasteiger partial charge in [-0.05, 0) is 54.8 Å². The molecule has 0 bridgehead atoms. The molecule has 3 N–H and O–H groups in total. The molecule has 2 aromatic carbocycles. The van der Waals surface area contributed by atoms with Crippen molar-refractivity contribution in [2.24, 2.45) is 5.73 Å². The Labute approximate surface area is 151 Å². The van der Waals surface area contributed by atoms with Crippen LogP contribution in [0.4, 0.5) is 5.69 Å². The lowest BCUT2D eigenvalue weighted by Crippen LogP contribution is -2.19. The summed E-state index contributed by atoms with van der Waals surface area (Å²) in [7, 11) is 0. The van der Waals surface area contributed by atoms with E-state index in [9.17, 15) is 14.9 Å². The lowest BCUT2D eigenvalue weighted by atomic mass is 10.1. The molecule has 26 heavy (non-hydrogen) atoms. The Balaban J connectivity index is 2.14. The summed E-state index contributed by atoms with van der Waals surface area (Å²) in [5.41, 5.74) is 8.26. The Hall–Kier alpha value is -3.59. The fourth-order valence-corrected chi connectivity index (χ4v) is 2.19. The third-order valence-corrected chi connectivity index (χ3v) is 3.58. The number of primary amides is 1. The average Bonchev–Trinajstić information content (AvgIpc) is 2.61. The minimum Gasteiger partial charge on any atom is -0.484 e. The molecule has 0 saturated carbocycles. The molecule has 0 aliphatic carbocycles. The highest BCUT2D eigenvalue weighted by molar-refractivity contribution is 6.10. The quantitative estimate of drug-likeness (QED) is 0.618. The lowest BCUT2D eigenvalue weighted by Gasteiger charge is -2.09. The van der Waals surface area contributed by atoms with Crippen molar-refractivity contribution in [2.75, 3.05) is 11.9 Å². The number of ether oxygens (including phenoxy) is 1. The van der Waals surface area contributed by atoms with Crippen LogP contribution >= 0.6 is 0 Å². The zero-order valence-electron chi connectivity index (χ0n) is 14.6. The fourth-order valence-electron chi connectivity index (χ4n) is 2.19. The van der Waals surface area contributed by atoms with Crippen molar-refractivity contribution in [3.05, 3.63) is 64.7 Å². The molecular weight excluding hydrogens is 330 g/mol. The second kappa shape index (κ2) is 8.49. The number of rotatable bonds is 6. The summed E-state index contributed by atoms with van der Waals surface area (Å²) in [4.78, 5) is 23.1. The van der Waals surface area contributed by atoms with E-state index in [2.05, 4.69) is 5.32 Å². The largest absolute Gasteiger partial charge is 0.484 e. The molecule has 0 heterocycles. The van der Waals surface area contributed by atoms with Gasteiger partial charge in [0.1, 0.15) is 17.4 Å². The minimum absolute atomic E-state index is 0.0169. The van der Waals surface area contributed by atoms with Crippen LogP contribution < -0.4 is 15.8 Å². The summed E-state index contributed by atoms with van der Waals surface area (Å²) in [5, 5.41) is 12.1. The summed E-state index contributed by atoms with van der Waals surface area (Å²) in [6, 6.07) is 14.3. The maximum atomic E-state index is 12.4. The summed E-state index contributed by atoms with van der Waals surface area (Å²) < 4.78 is 5.17. The number of nitrogens with one attached hydrogen (secondary N) is 1. The Morgan fingerprint density at radius 2 is 1.88 bits per heavy atom. The summed E-state index contributed by atoms with van der Waals surface area (Å²) in [6.07, 6.45) is 1.48. The van der Waals surface area contributed by atoms with Gasteiger partial charge in [0.25, 0.3) is 11.8 Å². The number of carbonyl (C=O) groups excluding carboxylic acids is 2. The van der Waals surface area contributed by atoms with E-state index in [1.807, 2.05) is 38.1 Å². The molecule has 0 aliphatic rings. The molecule has 0 aromatic heterocycles. The summed E-state index contributed by atoms with van der Waals surface area (Å²) >= 11 is 0. The zero-order chi connectivity index (χ0) is 19.1. The first-order chi connectivity index (χ1) is 12.4. The average molecular weight is 349 g/mol. The molecule has 2 aromatic rings. The van der Waals surface area contributed by atoms with Gasteiger partial charge in [0.15, 0.2) is 6.61 Å². The Kier molecular flexibility index (Phi) is 6.12. The predicted octanol–water partition coefficient (Wildman–Crippen LogP) is 2.71. The number of anilines is 1. The predicted molar refractivity (Wildman–Crippen MR) is 99.3 cm³/mol.